The quantitative estimate of drug-likeness (QED) is 0.674. The van der Waals surface area contributed by atoms with E-state index in [1.54, 1.807) is 0 Å². The number of nitrogens with zero attached hydrogens (tertiary/aromatic N) is 1. The molecule has 0 saturated carbocycles. The highest BCUT2D eigenvalue weighted by molar-refractivity contribution is 5.85. The summed E-state index contributed by atoms with van der Waals surface area (Å²) in [5.74, 6) is -0.600. The van der Waals surface area contributed by atoms with Crippen LogP contribution in [0.5, 0.6) is 0 Å². The summed E-state index contributed by atoms with van der Waals surface area (Å²) < 4.78 is 0. The number of carbonyl (C=O) groups is 2. The van der Waals surface area contributed by atoms with E-state index in [2.05, 4.69) is 12.2 Å². The molecule has 0 aromatic carbocycles. The van der Waals surface area contributed by atoms with Crippen molar-refractivity contribution < 1.29 is 14.7 Å². The monoisotopic (exact) mass is 320 g/mol. The number of carboxylic acids is 1. The lowest BCUT2D eigenvalue weighted by molar-refractivity contribution is -0.144. The highest BCUT2D eigenvalue weighted by Crippen LogP contribution is 2.15. The van der Waals surface area contributed by atoms with Crippen LogP contribution in [0.1, 0.15) is 58.8 Å². The molecule has 6 heteroatoms. The van der Waals surface area contributed by atoms with E-state index in [9.17, 15) is 9.59 Å². The molecule has 1 fully saturated rings. The standard InChI is InChI=1S/C15H28N2O3.ClH/c1-3-5-6-7-14(18)16-12-8-10-17(11-9-12)13(4-2)15(19)20;/h12-13H,3-11H2,1-2H3,(H,16,18)(H,19,20);1H. The Kier molecular flexibility index (Phi) is 10.4. The normalized spacial score (nSPS) is 17.8. The van der Waals surface area contributed by atoms with Gasteiger partial charge in [-0.2, -0.15) is 0 Å². The number of likely N-dealkylation sites (tertiary alicyclic amines) is 1. The summed E-state index contributed by atoms with van der Waals surface area (Å²) >= 11 is 0. The van der Waals surface area contributed by atoms with Gasteiger partial charge in [-0.05, 0) is 25.7 Å². The third kappa shape index (κ3) is 7.14. The molecule has 21 heavy (non-hydrogen) atoms. The van der Waals surface area contributed by atoms with Gasteiger partial charge < -0.3 is 10.4 Å². The van der Waals surface area contributed by atoms with Crippen molar-refractivity contribution in [2.75, 3.05) is 13.1 Å². The van der Waals surface area contributed by atoms with Crippen molar-refractivity contribution in [3.63, 3.8) is 0 Å². The Balaban J connectivity index is 0.00000400. The van der Waals surface area contributed by atoms with E-state index < -0.39 is 5.97 Å². The van der Waals surface area contributed by atoms with Gasteiger partial charge in [-0.3, -0.25) is 14.5 Å². The molecule has 1 amide bonds. The molecule has 1 unspecified atom stereocenters. The van der Waals surface area contributed by atoms with Crippen LogP contribution in [-0.4, -0.2) is 47.1 Å². The van der Waals surface area contributed by atoms with Crippen LogP contribution in [0.2, 0.25) is 0 Å². The summed E-state index contributed by atoms with van der Waals surface area (Å²) in [4.78, 5) is 24.9. The lowest BCUT2D eigenvalue weighted by Gasteiger charge is -2.35. The number of unbranched alkanes of at least 4 members (excludes halogenated alkanes) is 2. The molecular weight excluding hydrogens is 292 g/mol. The van der Waals surface area contributed by atoms with E-state index in [1.807, 2.05) is 11.8 Å². The van der Waals surface area contributed by atoms with Crippen molar-refractivity contribution in [2.24, 2.45) is 0 Å². The zero-order chi connectivity index (χ0) is 15.0. The second kappa shape index (κ2) is 10.9. The topological polar surface area (TPSA) is 69.6 Å². The average Bonchev–Trinajstić information content (AvgIpc) is 2.41. The number of rotatable bonds is 8. The SMILES string of the molecule is CCCCCC(=O)NC1CCN(C(CC)C(=O)O)CC1.Cl. The molecule has 1 aliphatic rings. The van der Waals surface area contributed by atoms with Crippen molar-refractivity contribution >= 4 is 24.3 Å². The Bertz CT molecular complexity index is 318. The summed E-state index contributed by atoms with van der Waals surface area (Å²) in [6.45, 7) is 5.54. The first-order valence-electron chi connectivity index (χ1n) is 7.84. The van der Waals surface area contributed by atoms with Gasteiger partial charge in [0, 0.05) is 25.6 Å². The van der Waals surface area contributed by atoms with Gasteiger partial charge >= 0.3 is 5.97 Å². The maximum atomic E-state index is 11.7. The van der Waals surface area contributed by atoms with E-state index in [-0.39, 0.29) is 30.4 Å². The van der Waals surface area contributed by atoms with Gasteiger partial charge in [-0.1, -0.05) is 26.7 Å². The molecule has 0 radical (unpaired) electrons. The van der Waals surface area contributed by atoms with E-state index >= 15 is 0 Å². The zero-order valence-electron chi connectivity index (χ0n) is 13.1. The molecule has 1 heterocycles. The van der Waals surface area contributed by atoms with Gasteiger partial charge in [-0.15, -0.1) is 12.4 Å². The van der Waals surface area contributed by atoms with Crippen LogP contribution < -0.4 is 5.32 Å². The van der Waals surface area contributed by atoms with Crippen molar-refractivity contribution in [2.45, 2.75) is 70.9 Å². The predicted octanol–water partition coefficient (Wildman–Crippen LogP) is 2.43. The van der Waals surface area contributed by atoms with Crippen LogP contribution in [-0.2, 0) is 9.59 Å². The number of hydrogen-bond acceptors (Lipinski definition) is 3. The molecule has 0 aromatic heterocycles. The second-order valence-corrected chi connectivity index (χ2v) is 5.60. The summed E-state index contributed by atoms with van der Waals surface area (Å²) in [6, 6.07) is -0.164. The van der Waals surface area contributed by atoms with Crippen LogP contribution in [0.25, 0.3) is 0 Å². The number of hydrogen-bond donors (Lipinski definition) is 2. The summed E-state index contributed by atoms with van der Waals surface area (Å²) in [7, 11) is 0. The molecule has 0 aliphatic carbocycles. The number of amides is 1. The van der Waals surface area contributed by atoms with Crippen molar-refractivity contribution in [1.82, 2.24) is 10.2 Å². The minimum atomic E-state index is -0.741. The molecular formula is C15H29ClN2O3. The average molecular weight is 321 g/mol. The molecule has 1 rings (SSSR count). The van der Waals surface area contributed by atoms with Crippen molar-refractivity contribution in [3.8, 4) is 0 Å². The molecule has 0 spiro atoms. The maximum Gasteiger partial charge on any atom is 0.320 e. The van der Waals surface area contributed by atoms with Crippen LogP contribution in [0.15, 0.2) is 0 Å². The maximum absolute atomic E-state index is 11.7. The van der Waals surface area contributed by atoms with Gasteiger partial charge in [0.25, 0.3) is 0 Å². The van der Waals surface area contributed by atoms with Crippen LogP contribution >= 0.6 is 12.4 Å². The molecule has 0 bridgehead atoms. The predicted molar refractivity (Wildman–Crippen MR) is 85.8 cm³/mol. The Morgan fingerprint density at radius 2 is 1.86 bits per heavy atom. The minimum Gasteiger partial charge on any atom is -0.480 e. The Morgan fingerprint density at radius 3 is 2.33 bits per heavy atom. The number of aliphatic carboxylic acids is 1. The fourth-order valence-corrected chi connectivity index (χ4v) is 2.78. The van der Waals surface area contributed by atoms with E-state index in [0.717, 1.165) is 45.2 Å². The molecule has 124 valence electrons. The smallest absolute Gasteiger partial charge is 0.320 e. The van der Waals surface area contributed by atoms with E-state index in [1.165, 1.54) is 0 Å². The Hall–Kier alpha value is -0.810. The molecule has 1 atom stereocenters. The molecule has 1 aliphatic heterocycles. The number of nitrogens with one attached hydrogen (secondary N) is 1. The van der Waals surface area contributed by atoms with Crippen molar-refractivity contribution in [3.05, 3.63) is 0 Å². The largest absolute Gasteiger partial charge is 0.480 e. The van der Waals surface area contributed by atoms with Gasteiger partial charge in [-0.25, -0.2) is 0 Å². The molecule has 1 saturated heterocycles. The van der Waals surface area contributed by atoms with Crippen molar-refractivity contribution in [1.29, 1.82) is 0 Å². The van der Waals surface area contributed by atoms with Gasteiger partial charge in [0.15, 0.2) is 0 Å². The first kappa shape index (κ1) is 20.2. The summed E-state index contributed by atoms with van der Waals surface area (Å²) in [5, 5.41) is 12.2. The fraction of sp³-hybridized carbons (Fsp3) is 0.867. The van der Waals surface area contributed by atoms with Gasteiger partial charge in [0.2, 0.25) is 5.91 Å². The Labute approximate surface area is 133 Å². The van der Waals surface area contributed by atoms with E-state index in [4.69, 9.17) is 5.11 Å². The second-order valence-electron chi connectivity index (χ2n) is 5.60. The first-order valence-corrected chi connectivity index (χ1v) is 7.84. The number of carbonyl (C=O) groups excluding carboxylic acids is 1. The zero-order valence-corrected chi connectivity index (χ0v) is 14.0. The minimum absolute atomic E-state index is 0. The highest BCUT2D eigenvalue weighted by atomic mass is 35.5. The van der Waals surface area contributed by atoms with Gasteiger partial charge in [0.05, 0.1) is 0 Å². The first-order chi connectivity index (χ1) is 9.58. The highest BCUT2D eigenvalue weighted by Gasteiger charge is 2.28. The summed E-state index contributed by atoms with van der Waals surface area (Å²) in [6.07, 6.45) is 6.12. The third-order valence-electron chi connectivity index (χ3n) is 4.01. The molecule has 5 nitrogen and oxygen atoms in total. The fourth-order valence-electron chi connectivity index (χ4n) is 2.78. The lowest BCUT2D eigenvalue weighted by atomic mass is 10.0. The third-order valence-corrected chi connectivity index (χ3v) is 4.01. The number of piperidine rings is 1. The van der Waals surface area contributed by atoms with E-state index in [0.29, 0.717) is 12.8 Å². The summed E-state index contributed by atoms with van der Waals surface area (Å²) in [5.41, 5.74) is 0. The number of carboxylic acid groups (broad SMARTS) is 1. The Morgan fingerprint density at radius 1 is 1.24 bits per heavy atom. The molecule has 0 aromatic rings. The van der Waals surface area contributed by atoms with Gasteiger partial charge in [0.1, 0.15) is 6.04 Å². The molecule has 2 N–H and O–H groups in total. The number of halogens is 1. The van der Waals surface area contributed by atoms with Crippen LogP contribution in [0.4, 0.5) is 0 Å². The van der Waals surface area contributed by atoms with Crippen LogP contribution in [0.3, 0.4) is 0 Å². The van der Waals surface area contributed by atoms with Crippen LogP contribution in [0, 0.1) is 0 Å². The lowest BCUT2D eigenvalue weighted by Crippen LogP contribution is -2.50.